The maximum Gasteiger partial charge on any atom is 0.150 e. The summed E-state index contributed by atoms with van der Waals surface area (Å²) in [6.45, 7) is 2.38. The van der Waals surface area contributed by atoms with Gasteiger partial charge in [0.05, 0.1) is 6.20 Å². The molecular weight excluding hydrogens is 236 g/mol. The number of hydrogen-bond donors (Lipinski definition) is 1. The number of halogens is 1. The predicted molar refractivity (Wildman–Crippen MR) is 68.4 cm³/mol. The summed E-state index contributed by atoms with van der Waals surface area (Å²) in [6.07, 6.45) is 3.35. The molecule has 3 nitrogen and oxygen atoms in total. The van der Waals surface area contributed by atoms with Crippen LogP contribution in [0.2, 0.25) is 5.02 Å². The Balaban J connectivity index is 2.34. The van der Waals surface area contributed by atoms with E-state index in [0.717, 1.165) is 16.9 Å². The first kappa shape index (κ1) is 11.9. The SMILES string of the molecule is Cc1ccc(Cl)cc1Oc1cnccc1CN. The maximum absolute atomic E-state index is 5.94. The standard InChI is InChI=1S/C13H13ClN2O/c1-9-2-3-11(14)6-12(9)17-13-8-16-5-4-10(13)7-15/h2-6,8H,7,15H2,1H3. The van der Waals surface area contributed by atoms with Gasteiger partial charge in [-0.05, 0) is 30.7 Å². The molecule has 1 aromatic carbocycles. The van der Waals surface area contributed by atoms with Crippen LogP contribution in [0.5, 0.6) is 11.5 Å². The second-order valence-corrected chi connectivity index (χ2v) is 4.14. The molecule has 2 rings (SSSR count). The van der Waals surface area contributed by atoms with Crippen molar-refractivity contribution in [3.05, 3.63) is 52.8 Å². The molecule has 2 aromatic rings. The van der Waals surface area contributed by atoms with Crippen LogP contribution in [0, 0.1) is 6.92 Å². The van der Waals surface area contributed by atoms with Crippen molar-refractivity contribution < 1.29 is 4.74 Å². The normalized spacial score (nSPS) is 10.3. The Bertz CT molecular complexity index is 529. The van der Waals surface area contributed by atoms with Crippen LogP contribution in [-0.2, 0) is 6.54 Å². The van der Waals surface area contributed by atoms with Crippen molar-refractivity contribution >= 4 is 11.6 Å². The first-order valence-electron chi connectivity index (χ1n) is 5.27. The number of aryl methyl sites for hydroxylation is 1. The molecule has 0 radical (unpaired) electrons. The van der Waals surface area contributed by atoms with Gasteiger partial charge in [-0.3, -0.25) is 4.98 Å². The third kappa shape index (κ3) is 2.75. The highest BCUT2D eigenvalue weighted by Gasteiger charge is 2.06. The molecular formula is C13H13ClN2O. The molecule has 0 saturated carbocycles. The number of benzene rings is 1. The molecule has 0 bridgehead atoms. The summed E-state index contributed by atoms with van der Waals surface area (Å²) >= 11 is 5.94. The van der Waals surface area contributed by atoms with E-state index in [-0.39, 0.29) is 0 Å². The molecule has 0 saturated heterocycles. The van der Waals surface area contributed by atoms with Crippen molar-refractivity contribution in [2.75, 3.05) is 0 Å². The average molecular weight is 249 g/mol. The van der Waals surface area contributed by atoms with Gasteiger partial charge in [-0.25, -0.2) is 0 Å². The molecule has 0 spiro atoms. The van der Waals surface area contributed by atoms with Gasteiger partial charge in [-0.15, -0.1) is 0 Å². The molecule has 88 valence electrons. The van der Waals surface area contributed by atoms with E-state index in [1.54, 1.807) is 18.5 Å². The molecule has 0 unspecified atom stereocenters. The van der Waals surface area contributed by atoms with Gasteiger partial charge in [0.2, 0.25) is 0 Å². The fourth-order valence-electron chi connectivity index (χ4n) is 1.47. The van der Waals surface area contributed by atoms with E-state index in [1.165, 1.54) is 0 Å². The van der Waals surface area contributed by atoms with Crippen molar-refractivity contribution in [2.45, 2.75) is 13.5 Å². The zero-order valence-corrected chi connectivity index (χ0v) is 10.2. The molecule has 17 heavy (non-hydrogen) atoms. The van der Waals surface area contributed by atoms with Gasteiger partial charge >= 0.3 is 0 Å². The first-order valence-corrected chi connectivity index (χ1v) is 5.65. The molecule has 0 atom stereocenters. The molecule has 0 aliphatic heterocycles. The van der Waals surface area contributed by atoms with Gasteiger partial charge in [-0.2, -0.15) is 0 Å². The lowest BCUT2D eigenvalue weighted by Gasteiger charge is -2.11. The molecule has 0 amide bonds. The molecule has 1 aromatic heterocycles. The van der Waals surface area contributed by atoms with Crippen molar-refractivity contribution in [2.24, 2.45) is 5.73 Å². The third-order valence-corrected chi connectivity index (χ3v) is 2.70. The third-order valence-electron chi connectivity index (χ3n) is 2.46. The number of nitrogens with two attached hydrogens (primary N) is 1. The van der Waals surface area contributed by atoms with Crippen LogP contribution >= 0.6 is 11.6 Å². The van der Waals surface area contributed by atoms with Gasteiger partial charge in [0, 0.05) is 23.3 Å². The lowest BCUT2D eigenvalue weighted by atomic mass is 10.2. The summed E-state index contributed by atoms with van der Waals surface area (Å²) in [7, 11) is 0. The van der Waals surface area contributed by atoms with E-state index in [9.17, 15) is 0 Å². The molecule has 0 aliphatic rings. The summed E-state index contributed by atoms with van der Waals surface area (Å²) in [5.74, 6) is 1.39. The highest BCUT2D eigenvalue weighted by Crippen LogP contribution is 2.29. The van der Waals surface area contributed by atoms with Crippen molar-refractivity contribution in [3.8, 4) is 11.5 Å². The Kier molecular flexibility index (Phi) is 3.61. The summed E-state index contributed by atoms with van der Waals surface area (Å²) < 4.78 is 5.79. The fourth-order valence-corrected chi connectivity index (χ4v) is 1.63. The zero-order chi connectivity index (χ0) is 12.3. The molecule has 2 N–H and O–H groups in total. The number of hydrogen-bond acceptors (Lipinski definition) is 3. The van der Waals surface area contributed by atoms with Crippen molar-refractivity contribution in [1.29, 1.82) is 0 Å². The second kappa shape index (κ2) is 5.17. The maximum atomic E-state index is 5.94. The quantitative estimate of drug-likeness (QED) is 0.907. The Hall–Kier alpha value is -1.58. The number of aromatic nitrogens is 1. The van der Waals surface area contributed by atoms with E-state index >= 15 is 0 Å². The first-order chi connectivity index (χ1) is 8.20. The van der Waals surface area contributed by atoms with Crippen LogP contribution in [0.4, 0.5) is 0 Å². The van der Waals surface area contributed by atoms with E-state index < -0.39 is 0 Å². The predicted octanol–water partition coefficient (Wildman–Crippen LogP) is 3.29. The zero-order valence-electron chi connectivity index (χ0n) is 9.48. The highest BCUT2D eigenvalue weighted by atomic mass is 35.5. The average Bonchev–Trinajstić information content (AvgIpc) is 2.34. The Morgan fingerprint density at radius 3 is 2.88 bits per heavy atom. The summed E-state index contributed by atoms with van der Waals surface area (Å²) in [5.41, 5.74) is 7.57. The lowest BCUT2D eigenvalue weighted by Crippen LogP contribution is -2.00. The minimum absolute atomic E-state index is 0.414. The smallest absolute Gasteiger partial charge is 0.150 e. The van der Waals surface area contributed by atoms with Gasteiger partial charge < -0.3 is 10.5 Å². The fraction of sp³-hybridized carbons (Fsp3) is 0.154. The minimum atomic E-state index is 0.414. The van der Waals surface area contributed by atoms with Crippen LogP contribution in [0.3, 0.4) is 0 Å². The van der Waals surface area contributed by atoms with Crippen LogP contribution in [0.25, 0.3) is 0 Å². The minimum Gasteiger partial charge on any atom is -0.455 e. The summed E-state index contributed by atoms with van der Waals surface area (Å²) in [6, 6.07) is 7.37. The van der Waals surface area contributed by atoms with Gasteiger partial charge in [0.1, 0.15) is 11.5 Å². The van der Waals surface area contributed by atoms with Crippen molar-refractivity contribution in [3.63, 3.8) is 0 Å². The van der Waals surface area contributed by atoms with E-state index in [0.29, 0.717) is 17.3 Å². The summed E-state index contributed by atoms with van der Waals surface area (Å²) in [5, 5.41) is 0.642. The van der Waals surface area contributed by atoms with E-state index in [2.05, 4.69) is 4.98 Å². The van der Waals surface area contributed by atoms with Gasteiger partial charge in [0.15, 0.2) is 0 Å². The van der Waals surface area contributed by atoms with Crippen LogP contribution in [-0.4, -0.2) is 4.98 Å². The number of pyridine rings is 1. The van der Waals surface area contributed by atoms with E-state index in [4.69, 9.17) is 22.1 Å². The van der Waals surface area contributed by atoms with Crippen molar-refractivity contribution in [1.82, 2.24) is 4.98 Å². The Morgan fingerprint density at radius 1 is 1.29 bits per heavy atom. The van der Waals surface area contributed by atoms with Gasteiger partial charge in [-0.1, -0.05) is 17.7 Å². The summed E-state index contributed by atoms with van der Waals surface area (Å²) in [4.78, 5) is 4.03. The largest absolute Gasteiger partial charge is 0.455 e. The lowest BCUT2D eigenvalue weighted by molar-refractivity contribution is 0.470. The molecule has 4 heteroatoms. The van der Waals surface area contributed by atoms with Crippen LogP contribution in [0.1, 0.15) is 11.1 Å². The number of nitrogens with zero attached hydrogens (tertiary/aromatic N) is 1. The van der Waals surface area contributed by atoms with E-state index in [1.807, 2.05) is 25.1 Å². The Labute approximate surface area is 105 Å². The molecule has 0 fully saturated rings. The second-order valence-electron chi connectivity index (χ2n) is 3.70. The highest BCUT2D eigenvalue weighted by molar-refractivity contribution is 6.30. The molecule has 0 aliphatic carbocycles. The number of ether oxygens (including phenoxy) is 1. The topological polar surface area (TPSA) is 48.1 Å². The van der Waals surface area contributed by atoms with Gasteiger partial charge in [0.25, 0.3) is 0 Å². The monoisotopic (exact) mass is 248 g/mol. The number of rotatable bonds is 3. The van der Waals surface area contributed by atoms with Crippen LogP contribution in [0.15, 0.2) is 36.7 Å². The Morgan fingerprint density at radius 2 is 2.12 bits per heavy atom. The molecule has 1 heterocycles. The van der Waals surface area contributed by atoms with Crippen LogP contribution < -0.4 is 10.5 Å².